The summed E-state index contributed by atoms with van der Waals surface area (Å²) in [5, 5.41) is 1.37. The van der Waals surface area contributed by atoms with Crippen LogP contribution in [0.1, 0.15) is 65.4 Å². The first-order valence-corrected chi connectivity index (χ1v) is 10.3. The van der Waals surface area contributed by atoms with E-state index in [4.69, 9.17) is 0 Å². The first-order valence-electron chi connectivity index (χ1n) is 9.39. The van der Waals surface area contributed by atoms with E-state index >= 15 is 0 Å². The largest absolute Gasteiger partial charge is 0.355 e. The van der Waals surface area contributed by atoms with Crippen LogP contribution in [0.25, 0.3) is 0 Å². The molecule has 0 amide bonds. The Balaban J connectivity index is 1.93. The molecule has 1 saturated heterocycles. The number of anilines is 1. The molecule has 0 bridgehead atoms. The summed E-state index contributed by atoms with van der Waals surface area (Å²) in [7, 11) is 0. The van der Waals surface area contributed by atoms with E-state index in [0.717, 1.165) is 11.2 Å². The molecule has 2 unspecified atom stereocenters. The van der Waals surface area contributed by atoms with Crippen molar-refractivity contribution in [1.82, 2.24) is 0 Å². The lowest BCUT2D eigenvalue weighted by Gasteiger charge is -2.38. The van der Waals surface area contributed by atoms with Gasteiger partial charge in [0.15, 0.2) is 0 Å². The Morgan fingerprint density at radius 1 is 1.04 bits per heavy atom. The molecule has 1 aliphatic heterocycles. The fourth-order valence-electron chi connectivity index (χ4n) is 4.49. The number of aryl methyl sites for hydroxylation is 1. The highest BCUT2D eigenvalue weighted by molar-refractivity contribution is 8.01. The van der Waals surface area contributed by atoms with Gasteiger partial charge in [0.2, 0.25) is 0 Å². The number of hydrogen-bond acceptors (Lipinski definition) is 2. The minimum atomic E-state index is 0.296. The van der Waals surface area contributed by atoms with Gasteiger partial charge in [-0.3, -0.25) is 0 Å². The Hall–Kier alpha value is -0.630. The number of thioether (sulfide) groups is 1. The maximum atomic E-state index is 2.75. The van der Waals surface area contributed by atoms with Crippen molar-refractivity contribution in [2.45, 2.75) is 83.4 Å². The summed E-state index contributed by atoms with van der Waals surface area (Å²) in [5.74, 6) is 0.919. The Labute approximate surface area is 147 Å². The molecular formula is C21H33NS. The smallest absolute Gasteiger partial charge is 0.0806 e. The van der Waals surface area contributed by atoms with Crippen LogP contribution in [0.2, 0.25) is 0 Å². The van der Waals surface area contributed by atoms with E-state index in [-0.39, 0.29) is 0 Å². The maximum absolute atomic E-state index is 2.75. The third-order valence-electron chi connectivity index (χ3n) is 5.70. The molecule has 3 rings (SSSR count). The van der Waals surface area contributed by atoms with Crippen molar-refractivity contribution in [2.75, 3.05) is 4.90 Å². The summed E-state index contributed by atoms with van der Waals surface area (Å²) >= 11 is 2.27. The average Bonchev–Trinajstić information content (AvgIpc) is 2.86. The summed E-state index contributed by atoms with van der Waals surface area (Å²) in [6.07, 6.45) is 7.23. The van der Waals surface area contributed by atoms with Crippen molar-refractivity contribution in [3.05, 3.63) is 29.8 Å². The van der Waals surface area contributed by atoms with Gasteiger partial charge in [-0.15, -0.1) is 11.8 Å². The number of benzene rings is 1. The summed E-state index contributed by atoms with van der Waals surface area (Å²) in [4.78, 5) is 2.75. The second-order valence-electron chi connectivity index (χ2n) is 8.65. The van der Waals surface area contributed by atoms with Crippen LogP contribution in [0, 0.1) is 18.3 Å². The third kappa shape index (κ3) is 3.43. The molecule has 1 aliphatic carbocycles. The third-order valence-corrected chi connectivity index (χ3v) is 7.99. The standard InChI is InChI=1S/C21H33NS/c1-15-11-9-10-14-18(15)22-16(2)19(17-12-7-6-8-13-17)23-20(22)21(3,4)5/h9-11,14,16-17,19-20H,6-8,12-13H2,1-5H3/t16-,19?,20?/m0/s1. The van der Waals surface area contributed by atoms with Gasteiger partial charge >= 0.3 is 0 Å². The second kappa shape index (κ2) is 6.70. The zero-order chi connectivity index (χ0) is 16.6. The van der Waals surface area contributed by atoms with Crippen LogP contribution in [0.3, 0.4) is 0 Å². The molecule has 128 valence electrons. The van der Waals surface area contributed by atoms with E-state index in [1.54, 1.807) is 0 Å². The lowest BCUT2D eigenvalue weighted by atomic mass is 9.84. The van der Waals surface area contributed by atoms with E-state index in [9.17, 15) is 0 Å². The van der Waals surface area contributed by atoms with Crippen molar-refractivity contribution < 1.29 is 0 Å². The van der Waals surface area contributed by atoms with Gasteiger partial charge in [-0.25, -0.2) is 0 Å². The molecule has 23 heavy (non-hydrogen) atoms. The van der Waals surface area contributed by atoms with Crippen LogP contribution < -0.4 is 4.90 Å². The van der Waals surface area contributed by atoms with E-state index in [0.29, 0.717) is 16.8 Å². The highest BCUT2D eigenvalue weighted by atomic mass is 32.2. The molecule has 0 radical (unpaired) electrons. The van der Waals surface area contributed by atoms with E-state index in [1.165, 1.54) is 43.4 Å². The number of rotatable bonds is 2. The molecule has 3 atom stereocenters. The van der Waals surface area contributed by atoms with E-state index in [1.807, 2.05) is 0 Å². The molecule has 0 N–H and O–H groups in total. The van der Waals surface area contributed by atoms with Gasteiger partial charge in [-0.05, 0) is 49.7 Å². The number of para-hydroxylation sites is 1. The molecule has 1 nitrogen and oxygen atoms in total. The molecule has 1 heterocycles. The normalized spacial score (nSPS) is 30.0. The maximum Gasteiger partial charge on any atom is 0.0806 e. The average molecular weight is 332 g/mol. The van der Waals surface area contributed by atoms with Crippen LogP contribution in [0.4, 0.5) is 5.69 Å². The zero-order valence-electron chi connectivity index (χ0n) is 15.5. The lowest BCUT2D eigenvalue weighted by molar-refractivity contribution is 0.326. The lowest BCUT2D eigenvalue weighted by Crippen LogP contribution is -2.43. The predicted molar refractivity (Wildman–Crippen MR) is 104 cm³/mol. The minimum absolute atomic E-state index is 0.296. The Kier molecular flexibility index (Phi) is 5.01. The highest BCUT2D eigenvalue weighted by Gasteiger charge is 2.47. The summed E-state index contributed by atoms with van der Waals surface area (Å²) < 4.78 is 0. The van der Waals surface area contributed by atoms with Crippen molar-refractivity contribution >= 4 is 17.4 Å². The van der Waals surface area contributed by atoms with Gasteiger partial charge in [0, 0.05) is 17.0 Å². The monoisotopic (exact) mass is 331 g/mol. The fourth-order valence-corrected chi connectivity index (χ4v) is 6.48. The van der Waals surface area contributed by atoms with Crippen LogP contribution in [0.5, 0.6) is 0 Å². The van der Waals surface area contributed by atoms with Gasteiger partial charge in [0.25, 0.3) is 0 Å². The summed E-state index contributed by atoms with van der Waals surface area (Å²) in [6, 6.07) is 9.59. The quantitative estimate of drug-likeness (QED) is 0.629. The highest BCUT2D eigenvalue weighted by Crippen LogP contribution is 2.51. The van der Waals surface area contributed by atoms with Crippen molar-refractivity contribution in [3.8, 4) is 0 Å². The molecule has 2 fully saturated rings. The van der Waals surface area contributed by atoms with Gasteiger partial charge in [-0.2, -0.15) is 0 Å². The van der Waals surface area contributed by atoms with Crippen molar-refractivity contribution in [1.29, 1.82) is 0 Å². The first kappa shape index (κ1) is 17.2. The predicted octanol–water partition coefficient (Wildman–Crippen LogP) is 6.26. The molecule has 1 saturated carbocycles. The fraction of sp³-hybridized carbons (Fsp3) is 0.714. The summed E-state index contributed by atoms with van der Waals surface area (Å²) in [6.45, 7) is 12.0. The first-order chi connectivity index (χ1) is 10.9. The molecule has 0 spiro atoms. The molecule has 2 heteroatoms. The van der Waals surface area contributed by atoms with Crippen LogP contribution in [-0.2, 0) is 0 Å². The SMILES string of the molecule is Cc1ccccc1N1C(C(C)(C)C)SC(C2CCCCC2)[C@@H]1C. The van der Waals surface area contributed by atoms with Crippen LogP contribution in [-0.4, -0.2) is 16.7 Å². The van der Waals surface area contributed by atoms with E-state index < -0.39 is 0 Å². The molecule has 2 aliphatic rings. The topological polar surface area (TPSA) is 3.24 Å². The van der Waals surface area contributed by atoms with Gasteiger partial charge in [-0.1, -0.05) is 58.2 Å². The molecule has 1 aromatic rings. The van der Waals surface area contributed by atoms with Crippen molar-refractivity contribution in [2.24, 2.45) is 11.3 Å². The minimum Gasteiger partial charge on any atom is -0.355 e. The number of nitrogens with zero attached hydrogens (tertiary/aromatic N) is 1. The van der Waals surface area contributed by atoms with E-state index in [2.05, 4.69) is 75.5 Å². The Morgan fingerprint density at radius 3 is 2.30 bits per heavy atom. The molecule has 0 aromatic heterocycles. The van der Waals surface area contributed by atoms with Crippen molar-refractivity contribution in [3.63, 3.8) is 0 Å². The Morgan fingerprint density at radius 2 is 1.70 bits per heavy atom. The molecular weight excluding hydrogens is 298 g/mol. The summed E-state index contributed by atoms with van der Waals surface area (Å²) in [5.41, 5.74) is 3.16. The van der Waals surface area contributed by atoms with Crippen LogP contribution >= 0.6 is 11.8 Å². The van der Waals surface area contributed by atoms with Gasteiger partial charge in [0.05, 0.1) is 5.37 Å². The second-order valence-corrected chi connectivity index (χ2v) is 9.91. The molecule has 1 aromatic carbocycles. The Bertz CT molecular complexity index is 527. The van der Waals surface area contributed by atoms with Gasteiger partial charge < -0.3 is 4.90 Å². The zero-order valence-corrected chi connectivity index (χ0v) is 16.3. The van der Waals surface area contributed by atoms with Gasteiger partial charge in [0.1, 0.15) is 0 Å². The van der Waals surface area contributed by atoms with Crippen LogP contribution in [0.15, 0.2) is 24.3 Å². The number of hydrogen-bond donors (Lipinski definition) is 0.